The molecule has 1 aliphatic rings. The molecule has 0 saturated carbocycles. The lowest BCUT2D eigenvalue weighted by atomic mass is 10.1. The molecule has 3 unspecified atom stereocenters. The van der Waals surface area contributed by atoms with E-state index in [2.05, 4.69) is 15.6 Å². The van der Waals surface area contributed by atoms with Crippen LogP contribution >= 0.6 is 0 Å². The molecule has 0 radical (unpaired) electrons. The molecule has 1 aliphatic heterocycles. The Morgan fingerprint density at radius 1 is 1.06 bits per heavy atom. The van der Waals surface area contributed by atoms with Crippen molar-refractivity contribution in [2.45, 2.75) is 56.7 Å². The molecule has 4 amide bonds. The van der Waals surface area contributed by atoms with Gasteiger partial charge < -0.3 is 43.6 Å². The van der Waals surface area contributed by atoms with Gasteiger partial charge in [0.25, 0.3) is 0 Å². The number of nitrogens with two attached hydrogens (primary N) is 4. The number of rotatable bonds is 13. The summed E-state index contributed by atoms with van der Waals surface area (Å²) in [6.07, 6.45) is 0.964. The smallest absolute Gasteiger partial charge is 0.326 e. The van der Waals surface area contributed by atoms with E-state index in [1.54, 1.807) is 0 Å². The maximum atomic E-state index is 12.7. The summed E-state index contributed by atoms with van der Waals surface area (Å²) in [5, 5.41) is 14.3. The van der Waals surface area contributed by atoms with Crippen molar-refractivity contribution in [1.82, 2.24) is 15.5 Å². The van der Waals surface area contributed by atoms with Crippen molar-refractivity contribution in [2.75, 3.05) is 19.6 Å². The Labute approximate surface area is 185 Å². The van der Waals surface area contributed by atoms with Crippen molar-refractivity contribution >= 4 is 35.6 Å². The van der Waals surface area contributed by atoms with Gasteiger partial charge in [0.2, 0.25) is 23.6 Å². The third-order valence-electron chi connectivity index (χ3n) is 4.92. The molecule has 1 rings (SSSR count). The maximum Gasteiger partial charge on any atom is 0.326 e. The summed E-state index contributed by atoms with van der Waals surface area (Å²) in [5.74, 6) is -3.88. The highest BCUT2D eigenvalue weighted by molar-refractivity contribution is 5.94. The number of primary amides is 1. The van der Waals surface area contributed by atoms with E-state index in [9.17, 15) is 29.1 Å². The van der Waals surface area contributed by atoms with Crippen LogP contribution < -0.4 is 33.6 Å². The third kappa shape index (κ3) is 8.75. The fourth-order valence-electron chi connectivity index (χ4n) is 3.31. The van der Waals surface area contributed by atoms with E-state index in [0.717, 1.165) is 0 Å². The lowest BCUT2D eigenvalue weighted by molar-refractivity contribution is -0.143. The zero-order valence-corrected chi connectivity index (χ0v) is 17.8. The highest BCUT2D eigenvalue weighted by Gasteiger charge is 2.35. The Kier molecular flexibility index (Phi) is 10.9. The van der Waals surface area contributed by atoms with E-state index in [1.807, 2.05) is 0 Å². The number of carboxylic acids is 1. The van der Waals surface area contributed by atoms with Gasteiger partial charge in [-0.25, -0.2) is 4.79 Å². The van der Waals surface area contributed by atoms with E-state index < -0.39 is 47.7 Å². The number of hydrogen-bond acceptors (Lipinski definition) is 7. The van der Waals surface area contributed by atoms with Crippen LogP contribution in [0.1, 0.15) is 38.5 Å². The van der Waals surface area contributed by atoms with E-state index in [-0.39, 0.29) is 44.7 Å². The minimum atomic E-state index is -1.28. The summed E-state index contributed by atoms with van der Waals surface area (Å²) < 4.78 is 0. The quantitative estimate of drug-likeness (QED) is 0.0817. The van der Waals surface area contributed by atoms with Crippen molar-refractivity contribution in [3.8, 4) is 0 Å². The van der Waals surface area contributed by atoms with E-state index in [1.165, 1.54) is 4.90 Å². The van der Waals surface area contributed by atoms with Gasteiger partial charge in [0.1, 0.15) is 18.1 Å². The van der Waals surface area contributed by atoms with Gasteiger partial charge in [0.15, 0.2) is 5.96 Å². The topological polar surface area (TPSA) is 249 Å². The van der Waals surface area contributed by atoms with Gasteiger partial charge in [-0.3, -0.25) is 24.2 Å². The van der Waals surface area contributed by atoms with Crippen LogP contribution in [0.2, 0.25) is 0 Å². The maximum absolute atomic E-state index is 12.7. The van der Waals surface area contributed by atoms with Crippen LogP contribution in [0.15, 0.2) is 4.99 Å². The minimum Gasteiger partial charge on any atom is -0.480 e. The van der Waals surface area contributed by atoms with Crippen molar-refractivity contribution < 1.29 is 29.1 Å². The molecule has 3 atom stereocenters. The Morgan fingerprint density at radius 3 is 2.31 bits per heavy atom. The highest BCUT2D eigenvalue weighted by atomic mass is 16.4. The van der Waals surface area contributed by atoms with Crippen molar-refractivity contribution in [2.24, 2.45) is 27.9 Å². The number of guanidine groups is 1. The summed E-state index contributed by atoms with van der Waals surface area (Å²) in [4.78, 5) is 65.2. The fraction of sp³-hybridized carbons (Fsp3) is 0.667. The molecule has 14 nitrogen and oxygen atoms in total. The largest absolute Gasteiger partial charge is 0.480 e. The molecule has 0 aromatic rings. The first kappa shape index (κ1) is 26.6. The third-order valence-corrected chi connectivity index (χ3v) is 4.92. The molecular weight excluding hydrogens is 424 g/mol. The summed E-state index contributed by atoms with van der Waals surface area (Å²) in [6.45, 7) is 0.287. The molecule has 180 valence electrons. The Bertz CT molecular complexity index is 739. The van der Waals surface area contributed by atoms with E-state index >= 15 is 0 Å². The van der Waals surface area contributed by atoms with Crippen molar-refractivity contribution in [1.29, 1.82) is 0 Å². The predicted molar refractivity (Wildman–Crippen MR) is 114 cm³/mol. The fourth-order valence-corrected chi connectivity index (χ4v) is 3.31. The first-order valence-corrected chi connectivity index (χ1v) is 10.2. The monoisotopic (exact) mass is 456 g/mol. The van der Waals surface area contributed by atoms with Crippen LogP contribution in [0.25, 0.3) is 0 Å². The average Bonchev–Trinajstić information content (AvgIpc) is 3.21. The molecule has 0 spiro atoms. The zero-order chi connectivity index (χ0) is 24.3. The molecule has 0 aromatic heterocycles. The summed E-state index contributed by atoms with van der Waals surface area (Å²) >= 11 is 0. The molecule has 1 fully saturated rings. The second-order valence-electron chi connectivity index (χ2n) is 7.36. The number of carboxylic acid groups (broad SMARTS) is 1. The number of amides is 4. The van der Waals surface area contributed by atoms with Crippen molar-refractivity contribution in [3.05, 3.63) is 0 Å². The number of carbonyl (C=O) groups is 5. The van der Waals surface area contributed by atoms with Gasteiger partial charge in [-0.1, -0.05) is 0 Å². The predicted octanol–water partition coefficient (Wildman–Crippen LogP) is -3.69. The van der Waals surface area contributed by atoms with E-state index in [0.29, 0.717) is 19.4 Å². The van der Waals surface area contributed by atoms with Gasteiger partial charge in [0, 0.05) is 19.5 Å². The second kappa shape index (κ2) is 13.1. The molecule has 14 heteroatoms. The second-order valence-corrected chi connectivity index (χ2v) is 7.36. The van der Waals surface area contributed by atoms with Crippen LogP contribution in [0.5, 0.6) is 0 Å². The summed E-state index contributed by atoms with van der Waals surface area (Å²) in [5.41, 5.74) is 21.0. The molecular formula is C18H32N8O6. The van der Waals surface area contributed by atoms with Crippen LogP contribution in [-0.4, -0.2) is 83.3 Å². The molecule has 32 heavy (non-hydrogen) atoms. The number of hydrogen-bond donors (Lipinski definition) is 7. The lowest BCUT2D eigenvalue weighted by Crippen LogP contribution is -2.55. The first-order chi connectivity index (χ1) is 15.1. The zero-order valence-electron chi connectivity index (χ0n) is 17.8. The van der Waals surface area contributed by atoms with Gasteiger partial charge in [0.05, 0.1) is 6.54 Å². The van der Waals surface area contributed by atoms with Gasteiger partial charge in [-0.15, -0.1) is 0 Å². The summed E-state index contributed by atoms with van der Waals surface area (Å²) in [7, 11) is 0. The summed E-state index contributed by atoms with van der Waals surface area (Å²) in [6, 6.07) is -3.28. The highest BCUT2D eigenvalue weighted by Crippen LogP contribution is 2.18. The van der Waals surface area contributed by atoms with Gasteiger partial charge >= 0.3 is 5.97 Å². The lowest BCUT2D eigenvalue weighted by Gasteiger charge is -2.26. The number of nitrogens with zero attached hydrogens (tertiary/aromatic N) is 2. The number of nitrogens with one attached hydrogen (secondary N) is 2. The SMILES string of the molecule is NCC(=O)N1CCCC1C(=O)NC(CCC(N)=O)C(=O)NC(CCCN=C(N)N)C(=O)O. The molecule has 0 aliphatic carbocycles. The first-order valence-electron chi connectivity index (χ1n) is 10.2. The Balaban J connectivity index is 2.84. The number of carbonyl (C=O) groups excluding carboxylic acids is 4. The number of likely N-dealkylation sites (tertiary alicyclic amines) is 1. The van der Waals surface area contributed by atoms with Gasteiger partial charge in [-0.2, -0.15) is 0 Å². The molecule has 1 heterocycles. The molecule has 0 aromatic carbocycles. The van der Waals surface area contributed by atoms with Crippen LogP contribution in [0.4, 0.5) is 0 Å². The Morgan fingerprint density at radius 2 is 1.75 bits per heavy atom. The minimum absolute atomic E-state index is 0.0374. The molecule has 1 saturated heterocycles. The Hall–Kier alpha value is -3.42. The van der Waals surface area contributed by atoms with Crippen LogP contribution in [0.3, 0.4) is 0 Å². The van der Waals surface area contributed by atoms with E-state index in [4.69, 9.17) is 22.9 Å². The van der Waals surface area contributed by atoms with Crippen molar-refractivity contribution in [3.63, 3.8) is 0 Å². The van der Waals surface area contributed by atoms with Crippen LogP contribution in [0, 0.1) is 0 Å². The van der Waals surface area contributed by atoms with Gasteiger partial charge in [-0.05, 0) is 32.1 Å². The van der Waals surface area contributed by atoms with Crippen LogP contribution in [-0.2, 0) is 24.0 Å². The standard InChI is InChI=1S/C18H32N8O6/c19-9-14(28)26-8-2-4-12(26)16(30)24-10(5-6-13(20)27)15(29)25-11(17(31)32)3-1-7-23-18(21)22/h10-12H,1-9,19H2,(H2,20,27)(H,24,30)(H,25,29)(H,31,32)(H4,21,22,23). The number of aliphatic imine (C=N–C) groups is 1. The molecule has 0 bridgehead atoms. The number of aliphatic carboxylic acids is 1. The average molecular weight is 457 g/mol. The normalized spacial score (nSPS) is 17.2. The molecule has 11 N–H and O–H groups in total.